The van der Waals surface area contributed by atoms with E-state index in [0.717, 1.165) is 73.1 Å². The summed E-state index contributed by atoms with van der Waals surface area (Å²) in [5.41, 5.74) is 12.3. The number of aromatic nitrogens is 3. The minimum absolute atomic E-state index is 0.117. The normalized spacial score (nSPS) is 13.8. The first-order chi connectivity index (χ1) is 32.3. The largest absolute Gasteiger partial charge is 0.319 e. The van der Waals surface area contributed by atoms with E-state index >= 15 is 0 Å². The third-order valence-corrected chi connectivity index (χ3v) is 15.2. The molecule has 4 nitrogen and oxygen atoms in total. The first kappa shape index (κ1) is 41.4. The number of hydrogen-bond donors (Lipinski definition) is 0. The summed E-state index contributed by atoms with van der Waals surface area (Å²) in [6.45, 7) is 3.78. The van der Waals surface area contributed by atoms with Crippen molar-refractivity contribution in [3.8, 4) is 67.5 Å². The van der Waals surface area contributed by atoms with Crippen LogP contribution in [0.3, 0.4) is 0 Å². The molecule has 1 aromatic heterocycles. The average molecular weight is 872 g/mol. The molecule has 1 fully saturated rings. The van der Waals surface area contributed by atoms with Gasteiger partial charge in [-0.25, -0.2) is 15.0 Å². The van der Waals surface area contributed by atoms with Crippen LogP contribution in [0.2, 0.25) is 0 Å². The van der Waals surface area contributed by atoms with Crippen molar-refractivity contribution in [2.75, 3.05) is 13.3 Å². The van der Waals surface area contributed by atoms with Crippen molar-refractivity contribution in [2.45, 2.75) is 37.5 Å². The second kappa shape index (κ2) is 17.3. The van der Waals surface area contributed by atoms with Gasteiger partial charge in [-0.2, -0.15) is 0 Å². The minimum Gasteiger partial charge on any atom is -0.319 e. The lowest BCUT2D eigenvalue weighted by Crippen LogP contribution is -2.30. The number of hydrogen-bond acceptors (Lipinski definition) is 4. The topological polar surface area (TPSA) is 55.7 Å². The molecule has 0 saturated heterocycles. The van der Waals surface area contributed by atoms with Gasteiger partial charge in [0.15, 0.2) is 17.5 Å². The highest BCUT2D eigenvalue weighted by molar-refractivity contribution is 7.71. The monoisotopic (exact) mass is 871 g/mol. The Kier molecular flexibility index (Phi) is 10.8. The van der Waals surface area contributed by atoms with Gasteiger partial charge in [-0.15, -0.1) is 0 Å². The van der Waals surface area contributed by atoms with Crippen LogP contribution in [0.4, 0.5) is 0 Å². The Morgan fingerprint density at radius 2 is 0.742 bits per heavy atom. The van der Waals surface area contributed by atoms with E-state index in [4.69, 9.17) is 15.0 Å². The number of rotatable bonds is 9. The molecule has 1 heterocycles. The number of benzene rings is 9. The Labute approximate surface area is 387 Å². The lowest BCUT2D eigenvalue weighted by molar-refractivity contribution is 0.346. The van der Waals surface area contributed by atoms with Crippen molar-refractivity contribution in [1.82, 2.24) is 15.0 Å². The SMILES string of the molecule is CP(C)(=O)c1c2ccccc2c(-c2ccc(C3(c4ccc(-c5nc(-c6ccc(-c7ccccc7)cc6)nc(-c6cccc(-c7ccccc7)c6)n5)cc4)CCCCC3)cc2)c2ccccc12. The molecule has 0 N–H and O–H groups in total. The molecular weight excluding hydrogens is 822 g/mol. The van der Waals surface area contributed by atoms with Gasteiger partial charge in [-0.1, -0.05) is 219 Å². The summed E-state index contributed by atoms with van der Waals surface area (Å²) in [4.78, 5) is 15.5. The molecule has 1 aliphatic carbocycles. The summed E-state index contributed by atoms with van der Waals surface area (Å²) in [5, 5.41) is 5.41. The van der Waals surface area contributed by atoms with Gasteiger partial charge in [-0.05, 0) is 98.3 Å². The van der Waals surface area contributed by atoms with Crippen molar-refractivity contribution in [3.63, 3.8) is 0 Å². The molecule has 9 aromatic carbocycles. The van der Waals surface area contributed by atoms with E-state index in [-0.39, 0.29) is 5.41 Å². The molecule has 0 spiro atoms. The predicted octanol–water partition coefficient (Wildman–Crippen LogP) is 15.7. The summed E-state index contributed by atoms with van der Waals surface area (Å²) in [6.07, 6.45) is 5.78. The molecule has 0 unspecified atom stereocenters. The maximum absolute atomic E-state index is 13.8. The first-order valence-corrected chi connectivity index (χ1v) is 25.7. The molecule has 0 atom stereocenters. The highest BCUT2D eigenvalue weighted by atomic mass is 31.2. The van der Waals surface area contributed by atoms with Gasteiger partial charge < -0.3 is 4.57 Å². The predicted molar refractivity (Wildman–Crippen MR) is 277 cm³/mol. The molecule has 10 aromatic rings. The Morgan fingerprint density at radius 1 is 0.364 bits per heavy atom. The quantitative estimate of drug-likeness (QED) is 0.107. The third kappa shape index (κ3) is 7.76. The summed E-state index contributed by atoms with van der Waals surface area (Å²) >= 11 is 0. The Hall–Kier alpha value is -7.26. The molecule has 5 heteroatoms. The van der Waals surface area contributed by atoms with E-state index in [2.05, 4.69) is 194 Å². The number of fused-ring (bicyclic) bond motifs is 2. The van der Waals surface area contributed by atoms with Crippen LogP contribution in [0, 0.1) is 0 Å². The van der Waals surface area contributed by atoms with Crippen LogP contribution in [-0.4, -0.2) is 28.3 Å². The molecule has 320 valence electrons. The van der Waals surface area contributed by atoms with E-state index in [9.17, 15) is 4.57 Å². The van der Waals surface area contributed by atoms with Crippen LogP contribution in [0.15, 0.2) is 206 Å². The maximum Gasteiger partial charge on any atom is 0.164 e. The van der Waals surface area contributed by atoms with Crippen LogP contribution in [0.1, 0.15) is 43.2 Å². The lowest BCUT2D eigenvalue weighted by atomic mass is 9.65. The van der Waals surface area contributed by atoms with E-state index in [0.29, 0.717) is 17.5 Å². The zero-order chi connectivity index (χ0) is 44.7. The van der Waals surface area contributed by atoms with Crippen LogP contribution < -0.4 is 5.30 Å². The fourth-order valence-corrected chi connectivity index (χ4v) is 12.0. The van der Waals surface area contributed by atoms with Crippen LogP contribution in [-0.2, 0) is 9.98 Å². The second-order valence-electron chi connectivity index (χ2n) is 18.2. The average Bonchev–Trinajstić information content (AvgIpc) is 3.38. The van der Waals surface area contributed by atoms with E-state index in [1.54, 1.807) is 0 Å². The van der Waals surface area contributed by atoms with Gasteiger partial charge in [0, 0.05) is 27.4 Å². The highest BCUT2D eigenvalue weighted by Crippen LogP contribution is 2.48. The van der Waals surface area contributed by atoms with Gasteiger partial charge in [0.2, 0.25) is 0 Å². The molecule has 0 aliphatic heterocycles. The van der Waals surface area contributed by atoms with Crippen molar-refractivity contribution in [2.24, 2.45) is 0 Å². The molecule has 66 heavy (non-hydrogen) atoms. The second-order valence-corrected chi connectivity index (χ2v) is 21.3. The van der Waals surface area contributed by atoms with Gasteiger partial charge in [-0.3, -0.25) is 0 Å². The molecule has 1 aliphatic rings. The van der Waals surface area contributed by atoms with Crippen LogP contribution in [0.5, 0.6) is 0 Å². The van der Waals surface area contributed by atoms with Crippen molar-refractivity contribution < 1.29 is 4.57 Å². The van der Waals surface area contributed by atoms with Crippen molar-refractivity contribution in [3.05, 3.63) is 217 Å². The standard InChI is InChI=1S/C61H50N3OP/c1-66(2,65)57-54-25-12-10-23-52(54)56(53-24-11-13-26-55(53)57)45-31-35-50(36-32-45)61(39-14-5-15-40-61)51-37-33-47(34-38-51)59-62-58(46-29-27-44(28-30-46)42-17-6-3-7-18-42)63-60(64-59)49-22-16-21-48(41-49)43-19-8-4-9-20-43/h3-4,6-13,16-38,41H,5,14-15,39-40H2,1-2H3. The lowest BCUT2D eigenvalue weighted by Gasteiger charge is -2.39. The molecule has 1 saturated carbocycles. The number of nitrogens with zero attached hydrogens (tertiary/aromatic N) is 3. The zero-order valence-corrected chi connectivity index (χ0v) is 38.3. The zero-order valence-electron chi connectivity index (χ0n) is 37.4. The summed E-state index contributed by atoms with van der Waals surface area (Å²) in [7, 11) is -2.58. The third-order valence-electron chi connectivity index (χ3n) is 13.7. The molecule has 0 bridgehead atoms. The molecule has 0 radical (unpaired) electrons. The molecular formula is C61H50N3OP. The van der Waals surface area contributed by atoms with E-state index in [1.807, 2.05) is 25.5 Å². The minimum atomic E-state index is -2.58. The summed E-state index contributed by atoms with van der Waals surface area (Å²) in [6, 6.07) is 73.3. The van der Waals surface area contributed by atoms with Crippen LogP contribution in [0.25, 0.3) is 89.1 Å². The Morgan fingerprint density at radius 3 is 1.26 bits per heavy atom. The van der Waals surface area contributed by atoms with E-state index in [1.165, 1.54) is 47.1 Å². The van der Waals surface area contributed by atoms with E-state index < -0.39 is 7.14 Å². The smallest absolute Gasteiger partial charge is 0.164 e. The highest BCUT2D eigenvalue weighted by Gasteiger charge is 2.36. The first-order valence-electron chi connectivity index (χ1n) is 23.1. The Bertz CT molecular complexity index is 3350. The van der Waals surface area contributed by atoms with Gasteiger partial charge in [0.1, 0.15) is 7.14 Å². The van der Waals surface area contributed by atoms with Crippen LogP contribution >= 0.6 is 7.14 Å². The van der Waals surface area contributed by atoms with Crippen molar-refractivity contribution in [1.29, 1.82) is 0 Å². The van der Waals surface area contributed by atoms with Gasteiger partial charge >= 0.3 is 0 Å². The molecule has 11 rings (SSSR count). The Balaban J connectivity index is 0.978. The summed E-state index contributed by atoms with van der Waals surface area (Å²) in [5.74, 6) is 1.93. The summed E-state index contributed by atoms with van der Waals surface area (Å²) < 4.78 is 13.8. The fourth-order valence-electron chi connectivity index (χ4n) is 10.5. The van der Waals surface area contributed by atoms with Crippen molar-refractivity contribution >= 4 is 34.0 Å². The molecule has 0 amide bonds. The van der Waals surface area contributed by atoms with Gasteiger partial charge in [0.25, 0.3) is 0 Å². The fraction of sp³-hybridized carbons (Fsp3) is 0.131. The van der Waals surface area contributed by atoms with Gasteiger partial charge in [0.05, 0.1) is 0 Å². The maximum atomic E-state index is 13.8.